The van der Waals surface area contributed by atoms with Crippen LogP contribution in [0.25, 0.3) is 5.57 Å². The zero-order valence-electron chi connectivity index (χ0n) is 19.2. The summed E-state index contributed by atoms with van der Waals surface area (Å²) in [4.78, 5) is 28.8. The summed E-state index contributed by atoms with van der Waals surface area (Å²) in [6.45, 7) is 1.13. The van der Waals surface area contributed by atoms with E-state index in [1.54, 1.807) is 0 Å². The van der Waals surface area contributed by atoms with Gasteiger partial charge in [0.1, 0.15) is 0 Å². The number of fused-ring (bicyclic) bond motifs is 4. The molecule has 1 N–H and O–H groups in total. The summed E-state index contributed by atoms with van der Waals surface area (Å²) in [6, 6.07) is 13.9. The smallest absolute Gasteiger partial charge is 0.311 e. The van der Waals surface area contributed by atoms with Gasteiger partial charge in [-0.2, -0.15) is 0 Å². The Balaban J connectivity index is 1.55. The summed E-state index contributed by atoms with van der Waals surface area (Å²) in [5.41, 5.74) is 4.04. The van der Waals surface area contributed by atoms with Gasteiger partial charge in [-0.3, -0.25) is 14.5 Å². The first-order valence-electron chi connectivity index (χ1n) is 12.1. The van der Waals surface area contributed by atoms with Crippen LogP contribution in [0.3, 0.4) is 0 Å². The maximum absolute atomic E-state index is 13.6. The molecule has 1 aliphatic carbocycles. The molecule has 0 spiro atoms. The van der Waals surface area contributed by atoms with Crippen molar-refractivity contribution >= 4 is 11.5 Å². The predicted octanol–water partition coefficient (Wildman–Crippen LogP) is 3.19. The number of ether oxygens (including phenoxy) is 1. The van der Waals surface area contributed by atoms with Crippen molar-refractivity contribution in [3.05, 3.63) is 75.7 Å². The Morgan fingerprint density at radius 1 is 1.15 bits per heavy atom. The average molecular weight is 449 g/mol. The number of benzene rings is 1. The summed E-state index contributed by atoms with van der Waals surface area (Å²) < 4.78 is 7.04. The molecule has 2 aromatic rings. The molecular formula is C27H32N2O4. The van der Waals surface area contributed by atoms with Gasteiger partial charge >= 0.3 is 5.97 Å². The monoisotopic (exact) mass is 448 g/mol. The fraction of sp³-hybridized carbons (Fsp3) is 0.481. The van der Waals surface area contributed by atoms with Crippen LogP contribution in [0.15, 0.2) is 53.3 Å². The van der Waals surface area contributed by atoms with Gasteiger partial charge in [-0.25, -0.2) is 0 Å². The molecule has 33 heavy (non-hydrogen) atoms. The molecular weight excluding hydrogens is 416 g/mol. The summed E-state index contributed by atoms with van der Waals surface area (Å²) in [7, 11) is 1.40. The zero-order chi connectivity index (χ0) is 22.9. The van der Waals surface area contributed by atoms with Gasteiger partial charge < -0.3 is 14.4 Å². The molecule has 2 bridgehead atoms. The van der Waals surface area contributed by atoms with E-state index < -0.39 is 5.92 Å². The zero-order valence-corrected chi connectivity index (χ0v) is 19.2. The lowest BCUT2D eigenvalue weighted by atomic mass is 9.87. The van der Waals surface area contributed by atoms with Crippen molar-refractivity contribution in [3.8, 4) is 0 Å². The van der Waals surface area contributed by atoms with E-state index in [1.165, 1.54) is 19.1 Å². The van der Waals surface area contributed by atoms with E-state index in [9.17, 15) is 14.7 Å². The van der Waals surface area contributed by atoms with Crippen LogP contribution in [0, 0.1) is 11.8 Å². The van der Waals surface area contributed by atoms with Crippen LogP contribution in [0.1, 0.15) is 48.5 Å². The molecule has 1 fully saturated rings. The normalized spacial score (nSPS) is 26.5. The first kappa shape index (κ1) is 22.1. The van der Waals surface area contributed by atoms with Crippen LogP contribution in [0.2, 0.25) is 0 Å². The van der Waals surface area contributed by atoms with Crippen molar-refractivity contribution in [1.29, 1.82) is 0 Å². The highest BCUT2D eigenvalue weighted by atomic mass is 16.5. The predicted molar refractivity (Wildman–Crippen MR) is 127 cm³/mol. The van der Waals surface area contributed by atoms with E-state index in [0.29, 0.717) is 6.54 Å². The van der Waals surface area contributed by atoms with E-state index in [4.69, 9.17) is 4.74 Å². The van der Waals surface area contributed by atoms with E-state index in [0.717, 1.165) is 49.1 Å². The minimum atomic E-state index is -0.492. The Kier molecular flexibility index (Phi) is 6.21. The third kappa shape index (κ3) is 3.85. The number of aliphatic hydroxyl groups is 1. The molecule has 2 aliphatic heterocycles. The highest BCUT2D eigenvalue weighted by molar-refractivity contribution is 5.75. The minimum Gasteiger partial charge on any atom is -0.469 e. The lowest BCUT2D eigenvalue weighted by Crippen LogP contribution is -2.47. The molecule has 3 aliphatic rings. The highest BCUT2D eigenvalue weighted by Crippen LogP contribution is 2.48. The maximum atomic E-state index is 13.6. The molecule has 174 valence electrons. The molecule has 4 atom stereocenters. The second-order valence-corrected chi connectivity index (χ2v) is 9.44. The number of carbonyl (C=O) groups excluding carboxylic acids is 1. The molecule has 6 heteroatoms. The molecule has 0 saturated carbocycles. The van der Waals surface area contributed by atoms with E-state index in [-0.39, 0.29) is 36.1 Å². The Bertz CT molecular complexity index is 1110. The standard InChI is InChI=1S/C27H32N2O4/c1-33-27(32)24-21(17-30)23-16-29-22(13-12-20(26(29)31)19-10-6-3-7-11-19)25(24)28(23)15-14-18-8-4-2-5-9-18/h2,4-5,8-10,12-13,21,23-25,30H,3,6-7,11,14-17H2,1H3/t21-,23-,24+,25+/m0/s1. The molecule has 6 nitrogen and oxygen atoms in total. The number of nitrogens with zero attached hydrogens (tertiary/aromatic N) is 2. The van der Waals surface area contributed by atoms with Gasteiger partial charge in [-0.1, -0.05) is 36.4 Å². The van der Waals surface area contributed by atoms with Crippen molar-refractivity contribution in [2.45, 2.75) is 50.7 Å². The van der Waals surface area contributed by atoms with Crippen LogP contribution in [-0.4, -0.2) is 46.8 Å². The van der Waals surface area contributed by atoms with Crippen LogP contribution in [-0.2, 0) is 22.5 Å². The van der Waals surface area contributed by atoms with Gasteiger partial charge in [-0.05, 0) is 55.4 Å². The number of aromatic nitrogens is 1. The maximum Gasteiger partial charge on any atom is 0.311 e. The molecule has 3 heterocycles. The van der Waals surface area contributed by atoms with Gasteiger partial charge in [0, 0.05) is 42.9 Å². The van der Waals surface area contributed by atoms with Crippen LogP contribution in [0.5, 0.6) is 0 Å². The van der Waals surface area contributed by atoms with Crippen LogP contribution >= 0.6 is 0 Å². The number of hydrogen-bond donors (Lipinski definition) is 1. The van der Waals surface area contributed by atoms with E-state index >= 15 is 0 Å². The van der Waals surface area contributed by atoms with Crippen molar-refractivity contribution in [1.82, 2.24) is 9.47 Å². The summed E-state index contributed by atoms with van der Waals surface area (Å²) in [5, 5.41) is 10.3. The van der Waals surface area contributed by atoms with Crippen molar-refractivity contribution in [2.24, 2.45) is 11.8 Å². The van der Waals surface area contributed by atoms with Gasteiger partial charge in [-0.15, -0.1) is 0 Å². The van der Waals surface area contributed by atoms with Gasteiger partial charge in [0.05, 0.1) is 19.1 Å². The summed E-state index contributed by atoms with van der Waals surface area (Å²) >= 11 is 0. The van der Waals surface area contributed by atoms with Gasteiger partial charge in [0.15, 0.2) is 0 Å². The Hall–Kier alpha value is -2.70. The Morgan fingerprint density at radius 3 is 2.67 bits per heavy atom. The number of esters is 1. The Morgan fingerprint density at radius 2 is 1.97 bits per heavy atom. The summed E-state index contributed by atoms with van der Waals surface area (Å²) in [6.07, 6.45) is 7.29. The second kappa shape index (κ2) is 9.27. The quantitative estimate of drug-likeness (QED) is 0.688. The third-order valence-corrected chi connectivity index (χ3v) is 7.78. The molecule has 1 aromatic heterocycles. The van der Waals surface area contributed by atoms with Crippen LogP contribution in [0.4, 0.5) is 0 Å². The first-order chi connectivity index (χ1) is 16.1. The van der Waals surface area contributed by atoms with Crippen LogP contribution < -0.4 is 5.56 Å². The molecule has 0 radical (unpaired) electrons. The Labute approximate surface area is 194 Å². The third-order valence-electron chi connectivity index (χ3n) is 7.78. The lowest BCUT2D eigenvalue weighted by Gasteiger charge is -2.38. The SMILES string of the molecule is COC(=O)[C@@H]1[C@@H](CO)[C@@H]2Cn3c(ccc(C4=CCCCC4)c3=O)[C@H]1N2CCc1ccccc1. The number of carbonyl (C=O) groups is 1. The van der Waals surface area contributed by atoms with E-state index in [1.807, 2.05) is 34.9 Å². The van der Waals surface area contributed by atoms with Crippen molar-refractivity contribution in [3.63, 3.8) is 0 Å². The minimum absolute atomic E-state index is 0.0283. The number of hydrogen-bond acceptors (Lipinski definition) is 5. The van der Waals surface area contributed by atoms with Gasteiger partial charge in [0.2, 0.25) is 0 Å². The second-order valence-electron chi connectivity index (χ2n) is 9.44. The molecule has 5 rings (SSSR count). The lowest BCUT2D eigenvalue weighted by molar-refractivity contribution is -0.148. The first-order valence-corrected chi connectivity index (χ1v) is 12.1. The van der Waals surface area contributed by atoms with E-state index in [2.05, 4.69) is 23.1 Å². The average Bonchev–Trinajstić information content (AvgIpc) is 3.08. The topological polar surface area (TPSA) is 71.8 Å². The number of methoxy groups -OCH3 is 1. The fourth-order valence-corrected chi connectivity index (χ4v) is 6.16. The highest BCUT2D eigenvalue weighted by Gasteiger charge is 2.56. The molecule has 0 unspecified atom stereocenters. The molecule has 1 aromatic carbocycles. The molecule has 1 saturated heterocycles. The number of allylic oxidation sites excluding steroid dienone is 2. The summed E-state index contributed by atoms with van der Waals surface area (Å²) in [5.74, 6) is -1.07. The van der Waals surface area contributed by atoms with Gasteiger partial charge in [0.25, 0.3) is 5.56 Å². The number of pyridine rings is 1. The fourth-order valence-electron chi connectivity index (χ4n) is 6.16. The largest absolute Gasteiger partial charge is 0.469 e. The molecule has 0 amide bonds. The van der Waals surface area contributed by atoms with Crippen molar-refractivity contribution < 1.29 is 14.6 Å². The number of rotatable bonds is 6. The van der Waals surface area contributed by atoms with Crippen molar-refractivity contribution in [2.75, 3.05) is 20.3 Å². The number of aliphatic hydroxyl groups excluding tert-OH is 1.